The van der Waals surface area contributed by atoms with Gasteiger partial charge in [-0.05, 0) is 19.1 Å². The quantitative estimate of drug-likeness (QED) is 0.750. The lowest BCUT2D eigenvalue weighted by molar-refractivity contribution is -0.126. The van der Waals surface area contributed by atoms with Crippen LogP contribution in [0.5, 0.6) is 0 Å². The van der Waals surface area contributed by atoms with Crippen molar-refractivity contribution < 1.29 is 14.3 Å². The molecule has 0 spiro atoms. The van der Waals surface area contributed by atoms with E-state index < -0.39 is 0 Å². The maximum Gasteiger partial charge on any atom is 0.246 e. The first-order valence-electron chi connectivity index (χ1n) is 6.51. The van der Waals surface area contributed by atoms with Gasteiger partial charge < -0.3 is 19.8 Å². The SMILES string of the molecule is COCCOCC(=O)N[C@@H](C)c1nc2ccccc2[nH]1. The van der Waals surface area contributed by atoms with E-state index in [1.54, 1.807) is 7.11 Å². The van der Waals surface area contributed by atoms with Crippen LogP contribution in [-0.2, 0) is 14.3 Å². The van der Waals surface area contributed by atoms with Crippen molar-refractivity contribution in [3.63, 3.8) is 0 Å². The summed E-state index contributed by atoms with van der Waals surface area (Å²) in [6, 6.07) is 7.56. The number of methoxy groups -OCH3 is 1. The Balaban J connectivity index is 1.87. The van der Waals surface area contributed by atoms with Crippen molar-refractivity contribution in [2.24, 2.45) is 0 Å². The van der Waals surface area contributed by atoms with Crippen LogP contribution in [0.25, 0.3) is 11.0 Å². The maximum atomic E-state index is 11.7. The van der Waals surface area contributed by atoms with Gasteiger partial charge in [0.15, 0.2) is 0 Å². The van der Waals surface area contributed by atoms with E-state index in [1.165, 1.54) is 0 Å². The van der Waals surface area contributed by atoms with Crippen LogP contribution in [0, 0.1) is 0 Å². The van der Waals surface area contributed by atoms with Crippen LogP contribution in [-0.4, -0.2) is 42.8 Å². The molecule has 20 heavy (non-hydrogen) atoms. The lowest BCUT2D eigenvalue weighted by Crippen LogP contribution is -2.31. The third-order valence-electron chi connectivity index (χ3n) is 2.86. The normalized spacial score (nSPS) is 12.5. The number of carbonyl (C=O) groups excluding carboxylic acids is 1. The molecule has 1 aromatic heterocycles. The number of nitrogens with one attached hydrogen (secondary N) is 2. The molecular weight excluding hydrogens is 258 g/mol. The van der Waals surface area contributed by atoms with Crippen LogP contribution in [0.15, 0.2) is 24.3 Å². The Kier molecular flexibility index (Phi) is 5.09. The minimum Gasteiger partial charge on any atom is -0.382 e. The highest BCUT2D eigenvalue weighted by Gasteiger charge is 2.13. The average Bonchev–Trinajstić information content (AvgIpc) is 2.87. The number of imidazole rings is 1. The Labute approximate surface area is 117 Å². The molecule has 1 atom stereocenters. The fourth-order valence-electron chi connectivity index (χ4n) is 1.84. The molecule has 0 unspecified atom stereocenters. The number of aromatic nitrogens is 2. The first kappa shape index (κ1) is 14.5. The molecule has 0 aliphatic carbocycles. The zero-order valence-corrected chi connectivity index (χ0v) is 11.7. The first-order chi connectivity index (χ1) is 9.70. The van der Waals surface area contributed by atoms with Gasteiger partial charge in [0, 0.05) is 7.11 Å². The smallest absolute Gasteiger partial charge is 0.246 e. The molecule has 0 bridgehead atoms. The number of nitrogens with zero attached hydrogens (tertiary/aromatic N) is 1. The summed E-state index contributed by atoms with van der Waals surface area (Å²) in [6.07, 6.45) is 0. The van der Waals surface area contributed by atoms with Gasteiger partial charge >= 0.3 is 0 Å². The van der Waals surface area contributed by atoms with Gasteiger partial charge in [-0.1, -0.05) is 12.1 Å². The maximum absolute atomic E-state index is 11.7. The topological polar surface area (TPSA) is 76.2 Å². The van der Waals surface area contributed by atoms with E-state index in [1.807, 2.05) is 31.2 Å². The lowest BCUT2D eigenvalue weighted by Gasteiger charge is -2.11. The molecule has 1 heterocycles. The highest BCUT2D eigenvalue weighted by Crippen LogP contribution is 2.15. The monoisotopic (exact) mass is 277 g/mol. The molecule has 0 saturated heterocycles. The molecule has 6 heteroatoms. The fraction of sp³-hybridized carbons (Fsp3) is 0.429. The third-order valence-corrected chi connectivity index (χ3v) is 2.86. The summed E-state index contributed by atoms with van der Waals surface area (Å²) < 4.78 is 10.00. The molecule has 1 amide bonds. The number of carbonyl (C=O) groups is 1. The van der Waals surface area contributed by atoms with Gasteiger partial charge in [-0.3, -0.25) is 4.79 Å². The number of benzene rings is 1. The number of ether oxygens (including phenoxy) is 2. The molecule has 108 valence electrons. The summed E-state index contributed by atoms with van der Waals surface area (Å²) in [5.74, 6) is 0.561. The van der Waals surface area contributed by atoms with E-state index in [4.69, 9.17) is 9.47 Å². The molecule has 0 aliphatic heterocycles. The fourth-order valence-corrected chi connectivity index (χ4v) is 1.84. The van der Waals surface area contributed by atoms with Gasteiger partial charge in [-0.15, -0.1) is 0 Å². The zero-order valence-electron chi connectivity index (χ0n) is 11.7. The summed E-state index contributed by atoms with van der Waals surface area (Å²) in [5, 5.41) is 2.84. The van der Waals surface area contributed by atoms with Crippen LogP contribution in [0.2, 0.25) is 0 Å². The van der Waals surface area contributed by atoms with Crippen molar-refractivity contribution in [2.75, 3.05) is 26.9 Å². The van der Waals surface area contributed by atoms with Gasteiger partial charge in [0.25, 0.3) is 0 Å². The van der Waals surface area contributed by atoms with E-state index >= 15 is 0 Å². The van der Waals surface area contributed by atoms with Crippen LogP contribution < -0.4 is 5.32 Å². The molecule has 0 aliphatic rings. The number of fused-ring (bicyclic) bond motifs is 1. The Morgan fingerprint density at radius 2 is 2.20 bits per heavy atom. The molecule has 0 radical (unpaired) electrons. The van der Waals surface area contributed by atoms with Gasteiger partial charge in [0.1, 0.15) is 12.4 Å². The number of para-hydroxylation sites is 2. The highest BCUT2D eigenvalue weighted by atomic mass is 16.5. The second kappa shape index (κ2) is 7.02. The summed E-state index contributed by atoms with van der Waals surface area (Å²) in [7, 11) is 1.59. The summed E-state index contributed by atoms with van der Waals surface area (Å²) in [4.78, 5) is 19.3. The van der Waals surface area contributed by atoms with E-state index in [0.717, 1.165) is 16.9 Å². The van der Waals surface area contributed by atoms with Crippen molar-refractivity contribution in [3.8, 4) is 0 Å². The van der Waals surface area contributed by atoms with Crippen molar-refractivity contribution in [1.82, 2.24) is 15.3 Å². The number of hydrogen-bond acceptors (Lipinski definition) is 4. The number of rotatable bonds is 7. The molecule has 0 saturated carbocycles. The predicted molar refractivity (Wildman–Crippen MR) is 75.3 cm³/mol. The molecule has 6 nitrogen and oxygen atoms in total. The van der Waals surface area contributed by atoms with Crippen molar-refractivity contribution in [3.05, 3.63) is 30.1 Å². The van der Waals surface area contributed by atoms with E-state index in [0.29, 0.717) is 13.2 Å². The first-order valence-corrected chi connectivity index (χ1v) is 6.51. The van der Waals surface area contributed by atoms with Gasteiger partial charge in [-0.25, -0.2) is 4.98 Å². The third kappa shape index (κ3) is 3.79. The number of H-pyrrole nitrogens is 1. The summed E-state index contributed by atoms with van der Waals surface area (Å²) in [5.41, 5.74) is 1.85. The average molecular weight is 277 g/mol. The van der Waals surface area contributed by atoms with E-state index in [-0.39, 0.29) is 18.6 Å². The van der Waals surface area contributed by atoms with Gasteiger partial charge in [-0.2, -0.15) is 0 Å². The summed E-state index contributed by atoms with van der Waals surface area (Å²) >= 11 is 0. The second-order valence-corrected chi connectivity index (χ2v) is 4.47. The highest BCUT2D eigenvalue weighted by molar-refractivity contribution is 5.78. The molecular formula is C14H19N3O3. The Morgan fingerprint density at radius 3 is 2.95 bits per heavy atom. The van der Waals surface area contributed by atoms with Crippen molar-refractivity contribution in [1.29, 1.82) is 0 Å². The molecule has 2 N–H and O–H groups in total. The largest absolute Gasteiger partial charge is 0.382 e. The van der Waals surface area contributed by atoms with Crippen LogP contribution in [0.1, 0.15) is 18.8 Å². The van der Waals surface area contributed by atoms with Crippen molar-refractivity contribution >= 4 is 16.9 Å². The standard InChI is InChI=1S/C14H19N3O3/c1-10(15-13(18)9-20-8-7-19-2)14-16-11-5-3-4-6-12(11)17-14/h3-6,10H,7-9H2,1-2H3,(H,15,18)(H,16,17)/t10-/m0/s1. The Hall–Kier alpha value is -1.92. The van der Waals surface area contributed by atoms with Crippen molar-refractivity contribution in [2.45, 2.75) is 13.0 Å². The zero-order chi connectivity index (χ0) is 14.4. The predicted octanol–water partition coefficient (Wildman–Crippen LogP) is 1.40. The van der Waals surface area contributed by atoms with E-state index in [9.17, 15) is 4.79 Å². The summed E-state index contributed by atoms with van der Waals surface area (Å²) in [6.45, 7) is 2.79. The molecule has 1 aromatic carbocycles. The Bertz CT molecular complexity index is 535. The minimum atomic E-state index is -0.194. The van der Waals surface area contributed by atoms with Crippen LogP contribution >= 0.6 is 0 Å². The number of hydrogen-bond donors (Lipinski definition) is 2. The van der Waals surface area contributed by atoms with Crippen LogP contribution in [0.4, 0.5) is 0 Å². The molecule has 2 rings (SSSR count). The van der Waals surface area contributed by atoms with Gasteiger partial charge in [0.05, 0.1) is 30.3 Å². The minimum absolute atomic E-state index is 0.0218. The van der Waals surface area contributed by atoms with E-state index in [2.05, 4.69) is 15.3 Å². The van der Waals surface area contributed by atoms with Gasteiger partial charge in [0.2, 0.25) is 5.91 Å². The number of amides is 1. The molecule has 0 fully saturated rings. The lowest BCUT2D eigenvalue weighted by atomic mass is 10.3. The molecule has 2 aromatic rings. The Morgan fingerprint density at radius 1 is 1.40 bits per heavy atom. The van der Waals surface area contributed by atoms with Crippen LogP contribution in [0.3, 0.4) is 0 Å². The number of aromatic amines is 1. The second-order valence-electron chi connectivity index (χ2n) is 4.47.